The van der Waals surface area contributed by atoms with E-state index in [4.69, 9.17) is 5.73 Å². The summed E-state index contributed by atoms with van der Waals surface area (Å²) in [6.07, 6.45) is 0. The van der Waals surface area contributed by atoms with Crippen LogP contribution in [0.3, 0.4) is 0 Å². The molecule has 0 aliphatic heterocycles. The second kappa shape index (κ2) is 8.23. The molecule has 10 heteroatoms. The van der Waals surface area contributed by atoms with Crippen molar-refractivity contribution in [3.05, 3.63) is 75.3 Å². The molecule has 0 fully saturated rings. The van der Waals surface area contributed by atoms with Crippen molar-refractivity contribution in [2.75, 3.05) is 11.1 Å². The number of hydrogen-bond donors (Lipinski definition) is 2. The Balaban J connectivity index is 1.76. The van der Waals surface area contributed by atoms with E-state index in [1.165, 1.54) is 11.8 Å². The number of hydrogen-bond acceptors (Lipinski definition) is 7. The maximum absolute atomic E-state index is 13.6. The van der Waals surface area contributed by atoms with Gasteiger partial charge in [0.05, 0.1) is 16.6 Å². The first-order valence-corrected chi connectivity index (χ1v) is 9.19. The molecule has 0 atom stereocenters. The second-order valence-electron chi connectivity index (χ2n) is 6.16. The predicted molar refractivity (Wildman–Crippen MR) is 107 cm³/mol. The minimum atomic E-state index is -0.920. The molecule has 0 radical (unpaired) electrons. The van der Waals surface area contributed by atoms with Gasteiger partial charge in [-0.2, -0.15) is 0 Å². The third-order valence-electron chi connectivity index (χ3n) is 3.85. The quantitative estimate of drug-likeness (QED) is 0.279. The Morgan fingerprint density at radius 2 is 1.76 bits per heavy atom. The Bertz CT molecular complexity index is 1090. The fraction of sp³-hybridized carbons (Fsp3) is 0.105. The normalized spacial score (nSPS) is 10.6. The lowest BCUT2D eigenvalue weighted by Crippen LogP contribution is -2.15. The molecule has 0 saturated heterocycles. The Kier molecular flexibility index (Phi) is 5.74. The Hall–Kier alpha value is -3.53. The van der Waals surface area contributed by atoms with Crippen LogP contribution in [0, 0.1) is 29.8 Å². The molecule has 1 aromatic heterocycles. The van der Waals surface area contributed by atoms with Crippen molar-refractivity contribution in [3.63, 3.8) is 0 Å². The van der Waals surface area contributed by atoms with E-state index in [9.17, 15) is 19.3 Å². The zero-order chi connectivity index (χ0) is 21.1. The highest BCUT2D eigenvalue weighted by molar-refractivity contribution is 7.99. The molecule has 0 aliphatic carbocycles. The van der Waals surface area contributed by atoms with Crippen molar-refractivity contribution >= 4 is 34.7 Å². The van der Waals surface area contributed by atoms with Gasteiger partial charge in [-0.25, -0.2) is 14.4 Å². The predicted octanol–water partition coefficient (Wildman–Crippen LogP) is 4.13. The molecule has 0 bridgehead atoms. The lowest BCUT2D eigenvalue weighted by molar-refractivity contribution is -0.384. The van der Waals surface area contributed by atoms with Gasteiger partial charge in [-0.05, 0) is 62.0 Å². The van der Waals surface area contributed by atoms with Crippen molar-refractivity contribution < 1.29 is 14.1 Å². The number of nitro benzene ring substituents is 1. The van der Waals surface area contributed by atoms with Gasteiger partial charge < -0.3 is 11.1 Å². The summed E-state index contributed by atoms with van der Waals surface area (Å²) in [5.74, 6) is -1.67. The Morgan fingerprint density at radius 3 is 2.34 bits per heavy atom. The van der Waals surface area contributed by atoms with Crippen LogP contribution >= 0.6 is 11.8 Å². The van der Waals surface area contributed by atoms with Gasteiger partial charge in [0.2, 0.25) is 0 Å². The third-order valence-corrected chi connectivity index (χ3v) is 4.72. The number of halogens is 1. The summed E-state index contributed by atoms with van der Waals surface area (Å²) in [4.78, 5) is 32.1. The van der Waals surface area contributed by atoms with Crippen LogP contribution in [-0.4, -0.2) is 20.8 Å². The lowest BCUT2D eigenvalue weighted by Gasteiger charge is -2.09. The molecule has 3 rings (SSSR count). The molecule has 3 N–H and O–H groups in total. The average Bonchev–Trinajstić information content (AvgIpc) is 2.63. The molecule has 29 heavy (non-hydrogen) atoms. The molecule has 1 amide bonds. The van der Waals surface area contributed by atoms with E-state index in [0.717, 1.165) is 22.3 Å². The van der Waals surface area contributed by atoms with Gasteiger partial charge in [-0.15, -0.1) is 0 Å². The number of rotatable bonds is 5. The Morgan fingerprint density at radius 1 is 1.14 bits per heavy atom. The van der Waals surface area contributed by atoms with Gasteiger partial charge in [0.25, 0.3) is 11.6 Å². The van der Waals surface area contributed by atoms with E-state index in [-0.39, 0.29) is 5.56 Å². The second-order valence-corrected chi connectivity index (χ2v) is 7.20. The molecule has 0 unspecified atom stereocenters. The SMILES string of the molecule is Cc1cc(C)nc(Sc2ccc(NC(=O)c3cc(F)cc([N+](=O)[O-])c3N)cc2)n1. The number of nitrogens with zero attached hydrogens (tertiary/aromatic N) is 3. The maximum Gasteiger partial charge on any atom is 0.295 e. The van der Waals surface area contributed by atoms with E-state index < -0.39 is 28.0 Å². The van der Waals surface area contributed by atoms with Crippen LogP contribution in [0.5, 0.6) is 0 Å². The summed E-state index contributed by atoms with van der Waals surface area (Å²) >= 11 is 1.37. The fourth-order valence-corrected chi connectivity index (χ4v) is 3.45. The molecular weight excluding hydrogens is 397 g/mol. The molecule has 2 aromatic carbocycles. The number of carbonyl (C=O) groups excluding carboxylic acids is 1. The van der Waals surface area contributed by atoms with Crippen molar-refractivity contribution in [1.29, 1.82) is 0 Å². The zero-order valence-corrected chi connectivity index (χ0v) is 16.3. The molecule has 1 heterocycles. The van der Waals surface area contributed by atoms with Gasteiger partial charge in [0, 0.05) is 22.0 Å². The number of nitrogens with one attached hydrogen (secondary N) is 1. The minimum absolute atomic E-state index is 0.307. The number of carbonyl (C=O) groups is 1. The maximum atomic E-state index is 13.6. The van der Waals surface area contributed by atoms with Crippen molar-refractivity contribution in [2.24, 2.45) is 0 Å². The summed E-state index contributed by atoms with van der Waals surface area (Å²) in [6.45, 7) is 3.78. The standard InChI is InChI=1S/C19H16FN5O3S/c1-10-7-11(2)23-19(22-10)29-14-5-3-13(4-6-14)24-18(26)15-8-12(20)9-16(17(15)21)25(27)28/h3-9H,21H2,1-2H3,(H,24,26). The summed E-state index contributed by atoms with van der Waals surface area (Å²) in [6, 6.07) is 10.2. The van der Waals surface area contributed by atoms with E-state index in [0.29, 0.717) is 16.9 Å². The van der Waals surface area contributed by atoms with Crippen LogP contribution in [0.2, 0.25) is 0 Å². The van der Waals surface area contributed by atoms with E-state index in [2.05, 4.69) is 15.3 Å². The first kappa shape index (κ1) is 20.2. The number of amides is 1. The highest BCUT2D eigenvalue weighted by Crippen LogP contribution is 2.29. The van der Waals surface area contributed by atoms with Crippen LogP contribution in [0.15, 0.2) is 52.5 Å². The number of aryl methyl sites for hydroxylation is 2. The van der Waals surface area contributed by atoms with Gasteiger partial charge in [0.15, 0.2) is 5.16 Å². The first-order chi connectivity index (χ1) is 13.7. The van der Waals surface area contributed by atoms with E-state index in [1.54, 1.807) is 24.3 Å². The van der Waals surface area contributed by atoms with Crippen LogP contribution in [0.4, 0.5) is 21.5 Å². The summed E-state index contributed by atoms with van der Waals surface area (Å²) in [5, 5.41) is 14.1. The van der Waals surface area contributed by atoms with Gasteiger partial charge in [-0.3, -0.25) is 14.9 Å². The highest BCUT2D eigenvalue weighted by Gasteiger charge is 2.21. The van der Waals surface area contributed by atoms with Gasteiger partial charge in [-0.1, -0.05) is 0 Å². The fourth-order valence-electron chi connectivity index (χ4n) is 2.59. The average molecular weight is 413 g/mol. The Labute approximate surface area is 169 Å². The van der Waals surface area contributed by atoms with Crippen LogP contribution in [0.1, 0.15) is 21.7 Å². The summed E-state index contributed by atoms with van der Waals surface area (Å²) < 4.78 is 13.6. The van der Waals surface area contributed by atoms with Crippen LogP contribution < -0.4 is 11.1 Å². The number of anilines is 2. The monoisotopic (exact) mass is 413 g/mol. The van der Waals surface area contributed by atoms with E-state index in [1.807, 2.05) is 19.9 Å². The number of nitro groups is 1. The van der Waals surface area contributed by atoms with Crippen LogP contribution in [0.25, 0.3) is 0 Å². The number of nitrogens with two attached hydrogens (primary N) is 1. The van der Waals surface area contributed by atoms with Crippen molar-refractivity contribution in [2.45, 2.75) is 23.9 Å². The van der Waals surface area contributed by atoms with Gasteiger partial charge >= 0.3 is 0 Å². The number of aromatic nitrogens is 2. The minimum Gasteiger partial charge on any atom is -0.393 e. The number of benzene rings is 2. The highest BCUT2D eigenvalue weighted by atomic mass is 32.2. The number of nitrogen functional groups attached to an aromatic ring is 1. The third kappa shape index (κ3) is 4.85. The molecule has 8 nitrogen and oxygen atoms in total. The largest absolute Gasteiger partial charge is 0.393 e. The molecule has 0 spiro atoms. The topological polar surface area (TPSA) is 124 Å². The van der Waals surface area contributed by atoms with Crippen molar-refractivity contribution in [1.82, 2.24) is 9.97 Å². The summed E-state index contributed by atoms with van der Waals surface area (Å²) in [7, 11) is 0. The first-order valence-electron chi connectivity index (χ1n) is 8.38. The van der Waals surface area contributed by atoms with Crippen molar-refractivity contribution in [3.8, 4) is 0 Å². The lowest BCUT2D eigenvalue weighted by atomic mass is 10.1. The molecular formula is C19H16FN5O3S. The van der Waals surface area contributed by atoms with Crippen LogP contribution in [-0.2, 0) is 0 Å². The van der Waals surface area contributed by atoms with E-state index >= 15 is 0 Å². The molecule has 0 aliphatic rings. The molecule has 148 valence electrons. The molecule has 0 saturated carbocycles. The van der Waals surface area contributed by atoms with Gasteiger partial charge in [0.1, 0.15) is 11.5 Å². The smallest absolute Gasteiger partial charge is 0.295 e. The molecule has 3 aromatic rings. The summed E-state index contributed by atoms with van der Waals surface area (Å²) in [5.41, 5.74) is 6.45. The zero-order valence-electron chi connectivity index (χ0n) is 15.5.